The Kier molecular flexibility index (Phi) is 4.05. The Bertz CT molecular complexity index is 441. The second-order valence-electron chi connectivity index (χ2n) is 4.12. The van der Waals surface area contributed by atoms with Crippen molar-refractivity contribution in [1.82, 2.24) is 4.90 Å². The lowest BCUT2D eigenvalue weighted by Crippen LogP contribution is -2.30. The van der Waals surface area contributed by atoms with Crippen LogP contribution in [0.5, 0.6) is 0 Å². The minimum Gasteiger partial charge on any atom is -0.339 e. The van der Waals surface area contributed by atoms with E-state index in [4.69, 9.17) is 11.6 Å². The lowest BCUT2D eigenvalue weighted by atomic mass is 10.1. The molecule has 1 atom stereocenters. The molecule has 1 aromatic carbocycles. The Hall–Kier alpha value is -0.610. The fourth-order valence-corrected chi connectivity index (χ4v) is 2.50. The second kappa shape index (κ2) is 5.36. The molecule has 0 aliphatic carbocycles. The third-order valence-corrected chi connectivity index (χ3v) is 4.34. The lowest BCUT2D eigenvalue weighted by molar-refractivity contribution is -0.129. The minimum absolute atomic E-state index is 0.0480. The number of rotatable bonds is 2. The Balaban J connectivity index is 2.06. The molecule has 1 unspecified atom stereocenters. The SMILES string of the molecule is O=C(Cc1cccc(Cl)c1Br)N1CCC(F)C1. The van der Waals surface area contributed by atoms with Gasteiger partial charge in [-0.15, -0.1) is 0 Å². The highest BCUT2D eigenvalue weighted by molar-refractivity contribution is 9.10. The number of benzene rings is 1. The van der Waals surface area contributed by atoms with Gasteiger partial charge in [-0.05, 0) is 34.0 Å². The number of likely N-dealkylation sites (tertiary alicyclic amines) is 1. The molecule has 0 spiro atoms. The van der Waals surface area contributed by atoms with Crippen molar-refractivity contribution < 1.29 is 9.18 Å². The number of carbonyl (C=O) groups excluding carboxylic acids is 1. The summed E-state index contributed by atoms with van der Waals surface area (Å²) < 4.78 is 13.7. The van der Waals surface area contributed by atoms with Crippen LogP contribution in [0.3, 0.4) is 0 Å². The molecule has 0 radical (unpaired) electrons. The van der Waals surface area contributed by atoms with Crippen LogP contribution in [0.2, 0.25) is 5.02 Å². The highest BCUT2D eigenvalue weighted by Crippen LogP contribution is 2.27. The maximum Gasteiger partial charge on any atom is 0.227 e. The third kappa shape index (κ3) is 2.99. The van der Waals surface area contributed by atoms with Crippen molar-refractivity contribution in [1.29, 1.82) is 0 Å². The molecule has 2 nitrogen and oxygen atoms in total. The summed E-state index contributed by atoms with van der Waals surface area (Å²) in [7, 11) is 0. The van der Waals surface area contributed by atoms with Crippen LogP contribution in [0.25, 0.3) is 0 Å². The van der Waals surface area contributed by atoms with Gasteiger partial charge < -0.3 is 4.90 Å². The molecule has 2 rings (SSSR count). The summed E-state index contributed by atoms with van der Waals surface area (Å²) in [4.78, 5) is 13.5. The zero-order valence-corrected chi connectivity index (χ0v) is 11.5. The van der Waals surface area contributed by atoms with E-state index in [1.54, 1.807) is 17.0 Å². The van der Waals surface area contributed by atoms with Gasteiger partial charge in [-0.25, -0.2) is 4.39 Å². The average molecular weight is 321 g/mol. The van der Waals surface area contributed by atoms with Gasteiger partial charge >= 0.3 is 0 Å². The summed E-state index contributed by atoms with van der Waals surface area (Å²) in [6.07, 6.45) is -0.169. The van der Waals surface area contributed by atoms with E-state index in [-0.39, 0.29) is 18.9 Å². The quantitative estimate of drug-likeness (QED) is 0.819. The van der Waals surface area contributed by atoms with Crippen molar-refractivity contribution in [2.24, 2.45) is 0 Å². The van der Waals surface area contributed by atoms with Crippen LogP contribution in [-0.4, -0.2) is 30.1 Å². The zero-order valence-electron chi connectivity index (χ0n) is 9.13. The number of carbonyl (C=O) groups is 1. The maximum absolute atomic E-state index is 13.0. The van der Waals surface area contributed by atoms with E-state index in [0.29, 0.717) is 18.0 Å². The van der Waals surface area contributed by atoms with Crippen molar-refractivity contribution >= 4 is 33.4 Å². The number of hydrogen-bond donors (Lipinski definition) is 0. The molecule has 0 aromatic heterocycles. The summed E-state index contributed by atoms with van der Waals surface area (Å²) in [5.74, 6) is -0.0480. The first-order valence-electron chi connectivity index (χ1n) is 5.42. The third-order valence-electron chi connectivity index (χ3n) is 2.86. The van der Waals surface area contributed by atoms with Crippen molar-refractivity contribution in [3.8, 4) is 0 Å². The van der Waals surface area contributed by atoms with E-state index >= 15 is 0 Å². The zero-order chi connectivity index (χ0) is 12.4. The first-order valence-corrected chi connectivity index (χ1v) is 6.59. The molecule has 17 heavy (non-hydrogen) atoms. The molecule has 1 aliphatic rings. The van der Waals surface area contributed by atoms with E-state index in [2.05, 4.69) is 15.9 Å². The van der Waals surface area contributed by atoms with Gasteiger partial charge in [0.1, 0.15) is 6.17 Å². The van der Waals surface area contributed by atoms with Gasteiger partial charge in [0.15, 0.2) is 0 Å². The largest absolute Gasteiger partial charge is 0.339 e. The predicted octanol–water partition coefficient (Wildman–Crippen LogP) is 3.22. The lowest BCUT2D eigenvalue weighted by Gasteiger charge is -2.15. The highest BCUT2D eigenvalue weighted by atomic mass is 79.9. The number of amides is 1. The van der Waals surface area contributed by atoms with Crippen LogP contribution < -0.4 is 0 Å². The standard InChI is InChI=1S/C12H12BrClFNO/c13-12-8(2-1-3-10(12)14)6-11(17)16-5-4-9(15)7-16/h1-3,9H,4-7H2. The maximum atomic E-state index is 13.0. The van der Waals surface area contributed by atoms with Crippen LogP contribution >= 0.6 is 27.5 Å². The Morgan fingerprint density at radius 3 is 3.00 bits per heavy atom. The molecule has 5 heteroatoms. The van der Waals surface area contributed by atoms with Crippen LogP contribution in [-0.2, 0) is 11.2 Å². The number of hydrogen-bond acceptors (Lipinski definition) is 1. The van der Waals surface area contributed by atoms with Crippen molar-refractivity contribution in [2.75, 3.05) is 13.1 Å². The predicted molar refractivity (Wildman–Crippen MR) is 68.9 cm³/mol. The number of halogens is 3. The molecule has 1 saturated heterocycles. The molecule has 1 heterocycles. The summed E-state index contributed by atoms with van der Waals surface area (Å²) in [6.45, 7) is 0.731. The van der Waals surface area contributed by atoms with E-state index in [1.807, 2.05) is 6.07 Å². The number of nitrogens with zero attached hydrogens (tertiary/aromatic N) is 1. The molecule has 0 bridgehead atoms. The smallest absolute Gasteiger partial charge is 0.227 e. The van der Waals surface area contributed by atoms with E-state index in [0.717, 1.165) is 10.0 Å². The molecule has 1 aliphatic heterocycles. The molecule has 92 valence electrons. The van der Waals surface area contributed by atoms with E-state index < -0.39 is 6.17 Å². The van der Waals surface area contributed by atoms with Gasteiger partial charge in [-0.1, -0.05) is 23.7 Å². The van der Waals surface area contributed by atoms with Crippen molar-refractivity contribution in [2.45, 2.75) is 19.0 Å². The van der Waals surface area contributed by atoms with Crippen LogP contribution in [0.4, 0.5) is 4.39 Å². The first-order chi connectivity index (χ1) is 8.08. The molecule has 0 N–H and O–H groups in total. The van der Waals surface area contributed by atoms with Gasteiger partial charge in [0, 0.05) is 11.0 Å². The summed E-state index contributed by atoms with van der Waals surface area (Å²) in [5.41, 5.74) is 0.838. The highest BCUT2D eigenvalue weighted by Gasteiger charge is 2.26. The van der Waals surface area contributed by atoms with Gasteiger partial charge in [0.2, 0.25) is 5.91 Å². The fourth-order valence-electron chi connectivity index (χ4n) is 1.90. The van der Waals surface area contributed by atoms with Gasteiger partial charge in [0.05, 0.1) is 18.0 Å². The summed E-state index contributed by atoms with van der Waals surface area (Å²) >= 11 is 9.30. The van der Waals surface area contributed by atoms with Crippen molar-refractivity contribution in [3.05, 3.63) is 33.3 Å². The monoisotopic (exact) mass is 319 g/mol. The van der Waals surface area contributed by atoms with Crippen LogP contribution in [0.1, 0.15) is 12.0 Å². The van der Waals surface area contributed by atoms with Gasteiger partial charge in [-0.2, -0.15) is 0 Å². The first kappa shape index (κ1) is 12.8. The molecule has 0 saturated carbocycles. The van der Waals surface area contributed by atoms with Crippen molar-refractivity contribution in [3.63, 3.8) is 0 Å². The Morgan fingerprint density at radius 2 is 2.35 bits per heavy atom. The number of alkyl halides is 1. The van der Waals surface area contributed by atoms with Gasteiger partial charge in [-0.3, -0.25) is 4.79 Å². The average Bonchev–Trinajstić information content (AvgIpc) is 2.72. The normalized spacial score (nSPS) is 19.7. The summed E-state index contributed by atoms with van der Waals surface area (Å²) in [5, 5.41) is 0.583. The van der Waals surface area contributed by atoms with Crippen LogP contribution in [0, 0.1) is 0 Å². The Morgan fingerprint density at radius 1 is 1.59 bits per heavy atom. The van der Waals surface area contributed by atoms with E-state index in [9.17, 15) is 9.18 Å². The Labute approximate surface area is 113 Å². The van der Waals surface area contributed by atoms with Gasteiger partial charge in [0.25, 0.3) is 0 Å². The molecule has 1 fully saturated rings. The molecular formula is C12H12BrClFNO. The molecular weight excluding hydrogens is 308 g/mol. The second-order valence-corrected chi connectivity index (χ2v) is 5.32. The topological polar surface area (TPSA) is 20.3 Å². The molecule has 1 aromatic rings. The minimum atomic E-state index is -0.873. The fraction of sp³-hybridized carbons (Fsp3) is 0.417. The summed E-state index contributed by atoms with van der Waals surface area (Å²) in [6, 6.07) is 5.40. The van der Waals surface area contributed by atoms with E-state index in [1.165, 1.54) is 0 Å². The van der Waals surface area contributed by atoms with Crippen LogP contribution in [0.15, 0.2) is 22.7 Å². The molecule has 1 amide bonds.